The van der Waals surface area contributed by atoms with Crippen LogP contribution in [0.3, 0.4) is 0 Å². The van der Waals surface area contributed by atoms with E-state index in [0.29, 0.717) is 25.8 Å². The van der Waals surface area contributed by atoms with Gasteiger partial charge < -0.3 is 42.3 Å². The van der Waals surface area contributed by atoms with Crippen LogP contribution in [0.25, 0.3) is 0 Å². The predicted molar refractivity (Wildman–Crippen MR) is 116 cm³/mol. The summed E-state index contributed by atoms with van der Waals surface area (Å²) in [5.41, 5.74) is 11.1. The van der Waals surface area contributed by atoms with Crippen LogP contribution in [0, 0.1) is 0 Å². The molecule has 0 radical (unpaired) electrons. The van der Waals surface area contributed by atoms with Gasteiger partial charge in [0.1, 0.15) is 24.2 Å². The summed E-state index contributed by atoms with van der Waals surface area (Å²) >= 11 is 0. The first-order chi connectivity index (χ1) is 15.5. The number of rotatable bonds is 14. The molecule has 0 aromatic carbocycles. The van der Waals surface area contributed by atoms with Crippen molar-refractivity contribution in [1.82, 2.24) is 15.5 Å². The van der Waals surface area contributed by atoms with Crippen molar-refractivity contribution in [2.45, 2.75) is 82.1 Å². The Bertz CT molecular complexity index is 717. The first kappa shape index (κ1) is 28.3. The molecular formula is C20H35N5O8. The zero-order chi connectivity index (χ0) is 25.1. The first-order valence-corrected chi connectivity index (χ1v) is 11.0. The van der Waals surface area contributed by atoms with Crippen LogP contribution >= 0.6 is 0 Å². The summed E-state index contributed by atoms with van der Waals surface area (Å²) < 4.78 is 0. The maximum absolute atomic E-state index is 13.0. The van der Waals surface area contributed by atoms with Crippen LogP contribution in [-0.2, 0) is 24.0 Å². The van der Waals surface area contributed by atoms with Crippen LogP contribution in [0.4, 0.5) is 0 Å². The smallest absolute Gasteiger partial charge is 0.326 e. The van der Waals surface area contributed by atoms with Gasteiger partial charge in [0.2, 0.25) is 17.7 Å². The van der Waals surface area contributed by atoms with Crippen LogP contribution in [0.2, 0.25) is 0 Å². The van der Waals surface area contributed by atoms with E-state index in [-0.39, 0.29) is 25.8 Å². The van der Waals surface area contributed by atoms with E-state index >= 15 is 0 Å². The van der Waals surface area contributed by atoms with Gasteiger partial charge in [0.15, 0.2) is 0 Å². The summed E-state index contributed by atoms with van der Waals surface area (Å²) in [6.07, 6.45) is 0.0943. The van der Waals surface area contributed by atoms with Crippen molar-refractivity contribution in [3.63, 3.8) is 0 Å². The Balaban J connectivity index is 3.02. The molecule has 0 aromatic heterocycles. The molecule has 1 fully saturated rings. The summed E-state index contributed by atoms with van der Waals surface area (Å²) in [4.78, 5) is 61.9. The molecule has 0 spiro atoms. The SMILES string of the molecule is CC(O)C(N)C(=O)NC(CCCCN)C(=O)NC(CCC(=O)O)C(=O)N1CCCC1C(=O)O. The van der Waals surface area contributed by atoms with Gasteiger partial charge in [-0.05, 0) is 52.0 Å². The third kappa shape index (κ3) is 8.94. The van der Waals surface area contributed by atoms with Gasteiger partial charge in [-0.2, -0.15) is 0 Å². The van der Waals surface area contributed by atoms with Gasteiger partial charge in [0.05, 0.1) is 6.10 Å². The summed E-state index contributed by atoms with van der Waals surface area (Å²) in [6.45, 7) is 1.86. The van der Waals surface area contributed by atoms with Gasteiger partial charge >= 0.3 is 11.9 Å². The number of carbonyl (C=O) groups is 5. The lowest BCUT2D eigenvalue weighted by atomic mass is 10.0. The average molecular weight is 474 g/mol. The second kappa shape index (κ2) is 13.7. The van der Waals surface area contributed by atoms with E-state index < -0.39 is 66.4 Å². The number of unbranched alkanes of at least 4 members (excludes halogenated alkanes) is 1. The zero-order valence-corrected chi connectivity index (χ0v) is 18.7. The minimum Gasteiger partial charge on any atom is -0.481 e. The minimum absolute atomic E-state index is 0.169. The van der Waals surface area contributed by atoms with Crippen LogP contribution in [-0.4, -0.2) is 93.2 Å². The van der Waals surface area contributed by atoms with E-state index in [1.165, 1.54) is 6.92 Å². The standard InChI is InChI=1S/C20H35N5O8/c1-11(26)16(22)18(30)23-12(5-2-3-9-21)17(29)24-13(7-8-15(27)28)19(31)25-10-4-6-14(25)20(32)33/h11-14,16,26H,2-10,21-22H2,1H3,(H,23,30)(H,24,29)(H,27,28)(H,32,33). The van der Waals surface area contributed by atoms with Crippen molar-refractivity contribution >= 4 is 29.7 Å². The molecule has 5 atom stereocenters. The number of aliphatic carboxylic acids is 2. The van der Waals surface area contributed by atoms with Gasteiger partial charge in [0, 0.05) is 13.0 Å². The van der Waals surface area contributed by atoms with Crippen LogP contribution < -0.4 is 22.1 Å². The molecule has 0 aromatic rings. The highest BCUT2D eigenvalue weighted by Crippen LogP contribution is 2.20. The highest BCUT2D eigenvalue weighted by Gasteiger charge is 2.38. The molecule has 1 heterocycles. The summed E-state index contributed by atoms with van der Waals surface area (Å²) in [5, 5.41) is 32.8. The van der Waals surface area contributed by atoms with Crippen molar-refractivity contribution in [2.75, 3.05) is 13.1 Å². The van der Waals surface area contributed by atoms with Crippen molar-refractivity contribution in [1.29, 1.82) is 0 Å². The number of carboxylic acid groups (broad SMARTS) is 2. The molecule has 0 aliphatic carbocycles. The maximum atomic E-state index is 13.0. The fourth-order valence-electron chi connectivity index (χ4n) is 3.53. The summed E-state index contributed by atoms with van der Waals surface area (Å²) in [5.74, 6) is -4.57. The lowest BCUT2D eigenvalue weighted by Gasteiger charge is -2.29. The van der Waals surface area contributed by atoms with Crippen molar-refractivity contribution in [3.8, 4) is 0 Å². The van der Waals surface area contributed by atoms with E-state index in [4.69, 9.17) is 16.6 Å². The number of amides is 3. The molecule has 0 bridgehead atoms. The van der Waals surface area contributed by atoms with Crippen LogP contribution in [0.1, 0.15) is 51.9 Å². The van der Waals surface area contributed by atoms with Gasteiger partial charge in [-0.15, -0.1) is 0 Å². The number of nitrogens with one attached hydrogen (secondary N) is 2. The number of aliphatic hydroxyl groups is 1. The molecule has 5 unspecified atom stereocenters. The maximum Gasteiger partial charge on any atom is 0.326 e. The summed E-state index contributed by atoms with van der Waals surface area (Å²) in [7, 11) is 0. The molecule has 0 saturated carbocycles. The van der Waals surface area contributed by atoms with Crippen molar-refractivity contribution < 1.29 is 39.3 Å². The van der Waals surface area contributed by atoms with Gasteiger partial charge in [0.25, 0.3) is 0 Å². The van der Waals surface area contributed by atoms with Crippen LogP contribution in [0.15, 0.2) is 0 Å². The van der Waals surface area contributed by atoms with Crippen molar-refractivity contribution in [2.24, 2.45) is 11.5 Å². The highest BCUT2D eigenvalue weighted by atomic mass is 16.4. The lowest BCUT2D eigenvalue weighted by molar-refractivity contribution is -0.150. The number of nitrogens with zero attached hydrogens (tertiary/aromatic N) is 1. The number of likely N-dealkylation sites (tertiary alicyclic amines) is 1. The molecule has 33 heavy (non-hydrogen) atoms. The molecule has 188 valence electrons. The number of carboxylic acids is 2. The van der Waals surface area contributed by atoms with E-state index in [1.807, 2.05) is 0 Å². The monoisotopic (exact) mass is 473 g/mol. The Kier molecular flexibility index (Phi) is 11.7. The number of aliphatic hydroxyl groups excluding tert-OH is 1. The first-order valence-electron chi connectivity index (χ1n) is 11.0. The quantitative estimate of drug-likeness (QED) is 0.134. The number of carbonyl (C=O) groups excluding carboxylic acids is 3. The van der Waals surface area contributed by atoms with Crippen molar-refractivity contribution in [3.05, 3.63) is 0 Å². The fraction of sp³-hybridized carbons (Fsp3) is 0.750. The Morgan fingerprint density at radius 1 is 1.03 bits per heavy atom. The fourth-order valence-corrected chi connectivity index (χ4v) is 3.53. The molecule has 13 heteroatoms. The highest BCUT2D eigenvalue weighted by molar-refractivity contribution is 5.94. The number of nitrogens with two attached hydrogens (primary N) is 2. The second-order valence-electron chi connectivity index (χ2n) is 8.13. The molecular weight excluding hydrogens is 438 g/mol. The molecule has 1 rings (SSSR count). The Morgan fingerprint density at radius 2 is 1.67 bits per heavy atom. The molecule has 9 N–H and O–H groups in total. The van der Waals surface area contributed by atoms with E-state index in [2.05, 4.69) is 10.6 Å². The van der Waals surface area contributed by atoms with Gasteiger partial charge in [-0.25, -0.2) is 4.79 Å². The third-order valence-corrected chi connectivity index (χ3v) is 5.48. The average Bonchev–Trinajstić information content (AvgIpc) is 3.24. The molecule has 1 aliphatic rings. The van der Waals surface area contributed by atoms with Gasteiger partial charge in [-0.1, -0.05) is 0 Å². The Hall–Kier alpha value is -2.77. The lowest BCUT2D eigenvalue weighted by Crippen LogP contribution is -2.58. The van der Waals surface area contributed by atoms with E-state index in [1.54, 1.807) is 0 Å². The van der Waals surface area contributed by atoms with Crippen LogP contribution in [0.5, 0.6) is 0 Å². The van der Waals surface area contributed by atoms with Gasteiger partial charge in [-0.3, -0.25) is 19.2 Å². The molecule has 1 aliphatic heterocycles. The predicted octanol–water partition coefficient (Wildman–Crippen LogP) is -2.27. The second-order valence-corrected chi connectivity index (χ2v) is 8.13. The Labute approximate surface area is 191 Å². The minimum atomic E-state index is -1.28. The number of hydrogen-bond acceptors (Lipinski definition) is 8. The molecule has 1 saturated heterocycles. The third-order valence-electron chi connectivity index (χ3n) is 5.48. The van der Waals surface area contributed by atoms with E-state index in [0.717, 1.165) is 4.90 Å². The normalized spacial score (nSPS) is 19.3. The molecule has 13 nitrogen and oxygen atoms in total. The van der Waals surface area contributed by atoms with E-state index in [9.17, 15) is 34.2 Å². The largest absolute Gasteiger partial charge is 0.481 e. The topological polar surface area (TPSA) is 225 Å². The number of hydrogen-bond donors (Lipinski definition) is 7. The zero-order valence-electron chi connectivity index (χ0n) is 18.7. The molecule has 3 amide bonds. The summed E-state index contributed by atoms with van der Waals surface area (Å²) in [6, 6.07) is -4.72. The Morgan fingerprint density at radius 3 is 2.21 bits per heavy atom.